The second-order valence-electron chi connectivity index (χ2n) is 6.51. The predicted molar refractivity (Wildman–Crippen MR) is 110 cm³/mol. The minimum absolute atomic E-state index is 0.0849. The molecule has 30 heavy (non-hydrogen) atoms. The van der Waals surface area contributed by atoms with Gasteiger partial charge in [0.15, 0.2) is 6.61 Å². The molecule has 0 radical (unpaired) electrons. The van der Waals surface area contributed by atoms with E-state index in [1.54, 1.807) is 84.9 Å². The molecule has 0 unspecified atom stereocenters. The van der Waals surface area contributed by atoms with E-state index in [0.717, 1.165) is 0 Å². The van der Waals surface area contributed by atoms with Gasteiger partial charge in [0.1, 0.15) is 0 Å². The minimum Gasteiger partial charge on any atom is -0.453 e. The van der Waals surface area contributed by atoms with E-state index in [9.17, 15) is 9.90 Å². The highest BCUT2D eigenvalue weighted by Crippen LogP contribution is 2.31. The average Bonchev–Trinajstić information content (AvgIpc) is 3.27. The zero-order valence-corrected chi connectivity index (χ0v) is 16.5. The van der Waals surface area contributed by atoms with Crippen molar-refractivity contribution in [2.75, 3.05) is 0 Å². The Labute approximate surface area is 177 Å². The van der Waals surface area contributed by atoms with Crippen molar-refractivity contribution in [3.05, 3.63) is 107 Å². The molecular formula is C23H17ClN2O4. The summed E-state index contributed by atoms with van der Waals surface area (Å²) in [4.78, 5) is 17.2. The molecule has 0 bridgehead atoms. The number of esters is 1. The van der Waals surface area contributed by atoms with Gasteiger partial charge in [-0.2, -0.15) is 4.98 Å². The molecule has 0 amide bonds. The van der Waals surface area contributed by atoms with Gasteiger partial charge >= 0.3 is 5.97 Å². The van der Waals surface area contributed by atoms with Crippen molar-refractivity contribution in [1.29, 1.82) is 0 Å². The molecule has 0 aliphatic heterocycles. The number of aromatic nitrogens is 2. The Hall–Kier alpha value is -3.48. The van der Waals surface area contributed by atoms with Crippen LogP contribution in [0.2, 0.25) is 5.02 Å². The molecule has 3 aromatic carbocycles. The number of nitrogens with zero attached hydrogens (tertiary/aromatic N) is 2. The Bertz CT molecular complexity index is 1110. The third-order valence-corrected chi connectivity index (χ3v) is 4.92. The number of rotatable bonds is 6. The third-order valence-electron chi connectivity index (χ3n) is 4.59. The van der Waals surface area contributed by atoms with Crippen molar-refractivity contribution in [3.8, 4) is 11.4 Å². The number of carbonyl (C=O) groups is 1. The normalized spacial score (nSPS) is 11.3. The van der Waals surface area contributed by atoms with Gasteiger partial charge in [0.25, 0.3) is 5.89 Å². The molecule has 1 N–H and O–H groups in total. The highest BCUT2D eigenvalue weighted by Gasteiger charge is 2.41. The van der Waals surface area contributed by atoms with E-state index in [0.29, 0.717) is 21.7 Å². The lowest BCUT2D eigenvalue weighted by molar-refractivity contribution is -0.164. The second-order valence-corrected chi connectivity index (χ2v) is 6.92. The van der Waals surface area contributed by atoms with Gasteiger partial charge in [0.2, 0.25) is 11.4 Å². The smallest absolute Gasteiger partial charge is 0.348 e. The van der Waals surface area contributed by atoms with Crippen LogP contribution in [-0.2, 0) is 21.7 Å². The van der Waals surface area contributed by atoms with Crippen molar-refractivity contribution < 1.29 is 19.2 Å². The summed E-state index contributed by atoms with van der Waals surface area (Å²) in [5, 5.41) is 15.7. The molecule has 4 aromatic rings. The number of benzene rings is 3. The highest BCUT2D eigenvalue weighted by atomic mass is 35.5. The van der Waals surface area contributed by atoms with Crippen molar-refractivity contribution >= 4 is 17.6 Å². The van der Waals surface area contributed by atoms with E-state index in [2.05, 4.69) is 10.1 Å². The Morgan fingerprint density at radius 1 is 0.933 bits per heavy atom. The van der Waals surface area contributed by atoms with Gasteiger partial charge in [0, 0.05) is 5.56 Å². The maximum Gasteiger partial charge on any atom is 0.348 e. The van der Waals surface area contributed by atoms with Crippen molar-refractivity contribution in [1.82, 2.24) is 10.1 Å². The Balaban J connectivity index is 1.57. The van der Waals surface area contributed by atoms with E-state index in [-0.39, 0.29) is 18.3 Å². The van der Waals surface area contributed by atoms with Gasteiger partial charge in [-0.05, 0) is 23.3 Å². The summed E-state index contributed by atoms with van der Waals surface area (Å²) >= 11 is 6.15. The fourth-order valence-corrected chi connectivity index (χ4v) is 3.28. The van der Waals surface area contributed by atoms with Gasteiger partial charge in [-0.25, -0.2) is 4.79 Å². The van der Waals surface area contributed by atoms with E-state index in [1.807, 2.05) is 0 Å². The largest absolute Gasteiger partial charge is 0.453 e. The van der Waals surface area contributed by atoms with E-state index < -0.39 is 11.6 Å². The fraction of sp³-hybridized carbons (Fsp3) is 0.0870. The van der Waals surface area contributed by atoms with E-state index in [4.69, 9.17) is 20.9 Å². The number of hydrogen-bond acceptors (Lipinski definition) is 6. The van der Waals surface area contributed by atoms with Crippen LogP contribution in [0.1, 0.15) is 17.0 Å². The average molecular weight is 421 g/mol. The maximum atomic E-state index is 13.0. The molecule has 150 valence electrons. The number of halogens is 1. The molecule has 1 aromatic heterocycles. The van der Waals surface area contributed by atoms with Crippen molar-refractivity contribution in [3.63, 3.8) is 0 Å². The van der Waals surface area contributed by atoms with Crippen LogP contribution in [0.15, 0.2) is 89.5 Å². The minimum atomic E-state index is -1.98. The van der Waals surface area contributed by atoms with Crippen LogP contribution in [-0.4, -0.2) is 21.2 Å². The van der Waals surface area contributed by atoms with Crippen LogP contribution in [0.5, 0.6) is 0 Å². The summed E-state index contributed by atoms with van der Waals surface area (Å²) in [6.07, 6.45) is 0. The third kappa shape index (κ3) is 3.83. The first-order chi connectivity index (χ1) is 14.6. The van der Waals surface area contributed by atoms with Crippen LogP contribution in [0.3, 0.4) is 0 Å². The number of carbonyl (C=O) groups excluding carboxylic acids is 1. The summed E-state index contributed by atoms with van der Waals surface area (Å²) in [5.74, 6) is -0.479. The molecule has 0 aliphatic rings. The molecule has 0 saturated carbocycles. The summed E-state index contributed by atoms with van der Waals surface area (Å²) in [6.45, 7) is -0.293. The van der Waals surface area contributed by atoms with Gasteiger partial charge in [-0.1, -0.05) is 89.6 Å². The monoisotopic (exact) mass is 420 g/mol. The van der Waals surface area contributed by atoms with Crippen LogP contribution >= 0.6 is 11.6 Å². The lowest BCUT2D eigenvalue weighted by Gasteiger charge is -2.26. The van der Waals surface area contributed by atoms with Crippen LogP contribution in [0, 0.1) is 0 Å². The zero-order chi connectivity index (χ0) is 21.0. The first kappa shape index (κ1) is 19.8. The fourth-order valence-electron chi connectivity index (χ4n) is 3.06. The summed E-state index contributed by atoms with van der Waals surface area (Å²) < 4.78 is 10.5. The molecule has 0 atom stereocenters. The Morgan fingerprint density at radius 3 is 2.10 bits per heavy atom. The first-order valence-corrected chi connectivity index (χ1v) is 9.55. The van der Waals surface area contributed by atoms with Gasteiger partial charge in [0.05, 0.1) is 5.02 Å². The molecule has 0 spiro atoms. The summed E-state index contributed by atoms with van der Waals surface area (Å²) in [6, 6.07) is 24.3. The van der Waals surface area contributed by atoms with E-state index >= 15 is 0 Å². The second kappa shape index (κ2) is 8.49. The summed E-state index contributed by atoms with van der Waals surface area (Å²) in [5.41, 5.74) is -0.591. The number of hydrogen-bond donors (Lipinski definition) is 1. The van der Waals surface area contributed by atoms with E-state index in [1.165, 1.54) is 0 Å². The molecule has 7 heteroatoms. The summed E-state index contributed by atoms with van der Waals surface area (Å²) in [7, 11) is 0. The molecule has 0 saturated heterocycles. The highest BCUT2D eigenvalue weighted by molar-refractivity contribution is 6.33. The quantitative estimate of drug-likeness (QED) is 0.466. The molecule has 0 fully saturated rings. The zero-order valence-electron chi connectivity index (χ0n) is 15.7. The lowest BCUT2D eigenvalue weighted by Crippen LogP contribution is -2.38. The van der Waals surface area contributed by atoms with Crippen LogP contribution < -0.4 is 0 Å². The number of ether oxygens (including phenoxy) is 1. The van der Waals surface area contributed by atoms with Gasteiger partial charge in [-0.3, -0.25) is 0 Å². The molecule has 6 nitrogen and oxygen atoms in total. The predicted octanol–water partition coefficient (Wildman–Crippen LogP) is 4.37. The lowest BCUT2D eigenvalue weighted by atomic mass is 9.86. The Kier molecular flexibility index (Phi) is 5.61. The van der Waals surface area contributed by atoms with Gasteiger partial charge < -0.3 is 14.4 Å². The maximum absolute atomic E-state index is 13.0. The molecular weight excluding hydrogens is 404 g/mol. The SMILES string of the molecule is O=C(OCc1nc(-c2ccccc2Cl)no1)C(O)(c1ccccc1)c1ccccc1. The standard InChI is InChI=1S/C23H17ClN2O4/c24-19-14-8-7-13-18(19)21-25-20(30-26-21)15-29-22(27)23(28,16-9-3-1-4-10-16)17-11-5-2-6-12-17/h1-14,28H,15H2. The van der Waals surface area contributed by atoms with Crippen molar-refractivity contribution in [2.24, 2.45) is 0 Å². The molecule has 4 rings (SSSR count). The van der Waals surface area contributed by atoms with Crippen LogP contribution in [0.25, 0.3) is 11.4 Å². The Morgan fingerprint density at radius 2 is 1.50 bits per heavy atom. The van der Waals surface area contributed by atoms with Crippen LogP contribution in [0.4, 0.5) is 0 Å². The van der Waals surface area contributed by atoms with Crippen molar-refractivity contribution in [2.45, 2.75) is 12.2 Å². The molecule has 0 aliphatic carbocycles. The number of aliphatic hydroxyl groups is 1. The molecule has 1 heterocycles. The topological polar surface area (TPSA) is 85.5 Å². The first-order valence-electron chi connectivity index (χ1n) is 9.17. The van der Waals surface area contributed by atoms with Gasteiger partial charge in [-0.15, -0.1) is 0 Å².